The fourth-order valence-corrected chi connectivity index (χ4v) is 3.20. The van der Waals surface area contributed by atoms with Crippen molar-refractivity contribution < 1.29 is 4.79 Å². The molecule has 0 saturated carbocycles. The van der Waals surface area contributed by atoms with E-state index in [2.05, 4.69) is 16.3 Å². The summed E-state index contributed by atoms with van der Waals surface area (Å²) in [5.74, 6) is 0.103. The number of carbonyl (C=O) groups is 1. The van der Waals surface area contributed by atoms with Crippen molar-refractivity contribution in [1.29, 1.82) is 0 Å². The maximum Gasteiger partial charge on any atom is 0.241 e. The van der Waals surface area contributed by atoms with Gasteiger partial charge in [0.05, 0.1) is 29.0 Å². The predicted octanol–water partition coefficient (Wildman–Crippen LogP) is 1.40. The summed E-state index contributed by atoms with van der Waals surface area (Å²) >= 11 is 6.36. The summed E-state index contributed by atoms with van der Waals surface area (Å²) in [7, 11) is 2.05. The second-order valence-electron chi connectivity index (χ2n) is 5.04. The number of nitrogens with one attached hydrogen (secondary N) is 1. The molecule has 0 aliphatic carbocycles. The summed E-state index contributed by atoms with van der Waals surface area (Å²) < 4.78 is 0. The van der Waals surface area contributed by atoms with E-state index in [1.807, 2.05) is 24.9 Å². The maximum atomic E-state index is 12.1. The van der Waals surface area contributed by atoms with Gasteiger partial charge in [-0.05, 0) is 24.6 Å². The molecule has 2 heterocycles. The van der Waals surface area contributed by atoms with E-state index < -0.39 is 0 Å². The van der Waals surface area contributed by atoms with Crippen LogP contribution < -0.4 is 15.1 Å². The summed E-state index contributed by atoms with van der Waals surface area (Å²) in [6.45, 7) is 4.07. The number of likely N-dealkylation sites (N-methyl/N-ethyl adjacent to an activating group) is 1. The molecule has 1 unspecified atom stereocenters. The van der Waals surface area contributed by atoms with Crippen LogP contribution in [-0.2, 0) is 4.79 Å². The van der Waals surface area contributed by atoms with E-state index in [1.165, 1.54) is 0 Å². The number of hydrogen-bond acceptors (Lipinski definition) is 3. The molecule has 0 bridgehead atoms. The molecule has 1 fully saturated rings. The molecule has 4 nitrogen and oxygen atoms in total. The molecule has 3 rings (SSSR count). The van der Waals surface area contributed by atoms with Crippen molar-refractivity contribution in [3.05, 3.63) is 22.7 Å². The zero-order valence-corrected chi connectivity index (χ0v) is 11.3. The fourth-order valence-electron chi connectivity index (χ4n) is 2.84. The van der Waals surface area contributed by atoms with Gasteiger partial charge in [0, 0.05) is 20.1 Å². The van der Waals surface area contributed by atoms with Gasteiger partial charge in [-0.25, -0.2) is 0 Å². The van der Waals surface area contributed by atoms with Gasteiger partial charge in [-0.3, -0.25) is 4.79 Å². The fraction of sp³-hybridized carbons (Fsp3) is 0.462. The van der Waals surface area contributed by atoms with Crippen LogP contribution in [0.3, 0.4) is 0 Å². The zero-order chi connectivity index (χ0) is 12.9. The van der Waals surface area contributed by atoms with Gasteiger partial charge in [-0.2, -0.15) is 0 Å². The van der Waals surface area contributed by atoms with Crippen LogP contribution in [0.25, 0.3) is 0 Å². The zero-order valence-electron chi connectivity index (χ0n) is 10.5. The molecule has 1 aromatic carbocycles. The Morgan fingerprint density at radius 3 is 3.00 bits per heavy atom. The SMILES string of the molecule is Cc1cc(Cl)c2c(c1)N(C)CC1CNCC(=O)N21. The van der Waals surface area contributed by atoms with Crippen molar-refractivity contribution in [2.45, 2.75) is 13.0 Å². The average Bonchev–Trinajstić information content (AvgIpc) is 2.29. The standard InChI is InChI=1S/C13H16ClN3O/c1-8-3-10(14)13-11(4-8)16(2)7-9-5-15-6-12(18)17(9)13/h3-4,9,15H,5-7H2,1-2H3. The van der Waals surface area contributed by atoms with Crippen molar-refractivity contribution in [3.8, 4) is 0 Å². The number of piperazine rings is 1. The first-order valence-electron chi connectivity index (χ1n) is 6.12. The van der Waals surface area contributed by atoms with Crippen LogP contribution in [-0.4, -0.2) is 38.6 Å². The Hall–Kier alpha value is -1.26. The lowest BCUT2D eigenvalue weighted by molar-refractivity contribution is -0.119. The number of benzene rings is 1. The van der Waals surface area contributed by atoms with Gasteiger partial charge in [0.25, 0.3) is 0 Å². The van der Waals surface area contributed by atoms with E-state index in [1.54, 1.807) is 0 Å². The number of aryl methyl sites for hydroxylation is 1. The Morgan fingerprint density at radius 2 is 2.22 bits per heavy atom. The lowest BCUT2D eigenvalue weighted by atomic mass is 10.0. The highest BCUT2D eigenvalue weighted by Gasteiger charge is 2.37. The number of halogens is 1. The van der Waals surface area contributed by atoms with Gasteiger partial charge in [-0.15, -0.1) is 0 Å². The quantitative estimate of drug-likeness (QED) is 0.770. The molecular formula is C13H16ClN3O. The highest BCUT2D eigenvalue weighted by atomic mass is 35.5. The molecule has 18 heavy (non-hydrogen) atoms. The molecule has 96 valence electrons. The van der Waals surface area contributed by atoms with E-state index in [-0.39, 0.29) is 11.9 Å². The molecule has 5 heteroatoms. The first-order valence-corrected chi connectivity index (χ1v) is 6.50. The summed E-state index contributed by atoms with van der Waals surface area (Å²) in [6.07, 6.45) is 0. The lowest BCUT2D eigenvalue weighted by Crippen LogP contribution is -2.61. The van der Waals surface area contributed by atoms with Gasteiger partial charge >= 0.3 is 0 Å². The molecule has 1 aromatic rings. The van der Waals surface area contributed by atoms with Crippen LogP contribution in [0.2, 0.25) is 5.02 Å². The minimum absolute atomic E-state index is 0.103. The van der Waals surface area contributed by atoms with Gasteiger partial charge in [-0.1, -0.05) is 11.6 Å². The van der Waals surface area contributed by atoms with E-state index in [9.17, 15) is 4.79 Å². The summed E-state index contributed by atoms with van der Waals surface area (Å²) in [4.78, 5) is 16.2. The normalized spacial score (nSPS) is 22.8. The van der Waals surface area contributed by atoms with Gasteiger partial charge < -0.3 is 15.1 Å². The molecule has 1 N–H and O–H groups in total. The van der Waals surface area contributed by atoms with Gasteiger partial charge in [0.1, 0.15) is 0 Å². The average molecular weight is 266 g/mol. The third-order valence-corrected chi connectivity index (χ3v) is 3.90. The first-order chi connectivity index (χ1) is 8.58. The van der Waals surface area contributed by atoms with Crippen LogP contribution in [0.4, 0.5) is 11.4 Å². The van der Waals surface area contributed by atoms with Crippen molar-refractivity contribution in [1.82, 2.24) is 5.32 Å². The van der Waals surface area contributed by atoms with Crippen molar-refractivity contribution >= 4 is 28.9 Å². The Kier molecular flexibility index (Phi) is 2.72. The Balaban J connectivity index is 2.17. The minimum Gasteiger partial charge on any atom is -0.371 e. The first kappa shape index (κ1) is 11.8. The summed E-state index contributed by atoms with van der Waals surface area (Å²) in [5.41, 5.74) is 3.03. The number of fused-ring (bicyclic) bond motifs is 3. The molecule has 2 aliphatic heterocycles. The molecule has 0 radical (unpaired) electrons. The molecule has 1 amide bonds. The number of anilines is 2. The number of amides is 1. The van der Waals surface area contributed by atoms with Gasteiger partial charge in [0.15, 0.2) is 0 Å². The third-order valence-electron chi connectivity index (χ3n) is 3.61. The smallest absolute Gasteiger partial charge is 0.241 e. The number of hydrogen-bond donors (Lipinski definition) is 1. The Morgan fingerprint density at radius 1 is 1.44 bits per heavy atom. The molecule has 1 atom stereocenters. The largest absolute Gasteiger partial charge is 0.371 e. The number of carbonyl (C=O) groups excluding carboxylic acids is 1. The van der Waals surface area contributed by atoms with Crippen LogP contribution in [0.1, 0.15) is 5.56 Å². The monoisotopic (exact) mass is 265 g/mol. The van der Waals surface area contributed by atoms with Crippen molar-refractivity contribution in [2.75, 3.05) is 36.5 Å². The predicted molar refractivity (Wildman–Crippen MR) is 73.6 cm³/mol. The molecule has 0 spiro atoms. The molecular weight excluding hydrogens is 250 g/mol. The van der Waals surface area contributed by atoms with E-state index in [0.717, 1.165) is 30.0 Å². The second kappa shape index (κ2) is 4.14. The third kappa shape index (κ3) is 1.68. The molecule has 0 aromatic heterocycles. The number of rotatable bonds is 0. The Labute approximate surface area is 112 Å². The highest BCUT2D eigenvalue weighted by Crippen LogP contribution is 2.41. The second-order valence-corrected chi connectivity index (χ2v) is 5.45. The van der Waals surface area contributed by atoms with Crippen LogP contribution >= 0.6 is 11.6 Å². The summed E-state index contributed by atoms with van der Waals surface area (Å²) in [5, 5.41) is 3.82. The highest BCUT2D eigenvalue weighted by molar-refractivity contribution is 6.35. The summed E-state index contributed by atoms with van der Waals surface area (Å²) in [6, 6.07) is 4.18. The van der Waals surface area contributed by atoms with Crippen LogP contribution in [0.15, 0.2) is 12.1 Å². The van der Waals surface area contributed by atoms with Crippen molar-refractivity contribution in [3.63, 3.8) is 0 Å². The van der Waals surface area contributed by atoms with E-state index >= 15 is 0 Å². The maximum absolute atomic E-state index is 12.1. The molecule has 2 aliphatic rings. The lowest BCUT2D eigenvalue weighted by Gasteiger charge is -2.45. The van der Waals surface area contributed by atoms with Crippen LogP contribution in [0, 0.1) is 6.92 Å². The number of nitrogens with zero attached hydrogens (tertiary/aromatic N) is 2. The van der Waals surface area contributed by atoms with Crippen molar-refractivity contribution in [2.24, 2.45) is 0 Å². The Bertz CT molecular complexity index is 517. The minimum atomic E-state index is 0.103. The topological polar surface area (TPSA) is 35.6 Å². The van der Waals surface area contributed by atoms with E-state index in [4.69, 9.17) is 11.6 Å². The van der Waals surface area contributed by atoms with E-state index in [0.29, 0.717) is 11.6 Å². The van der Waals surface area contributed by atoms with Gasteiger partial charge in [0.2, 0.25) is 5.91 Å². The molecule has 1 saturated heterocycles. The van der Waals surface area contributed by atoms with Crippen LogP contribution in [0.5, 0.6) is 0 Å².